The summed E-state index contributed by atoms with van der Waals surface area (Å²) in [7, 11) is 0. The predicted molar refractivity (Wildman–Crippen MR) is 154 cm³/mol. The second-order valence-electron chi connectivity index (χ2n) is 9.04. The fourth-order valence-electron chi connectivity index (χ4n) is 4.73. The minimum Gasteiger partial charge on any atom is -0.494 e. The molecule has 0 aliphatic carbocycles. The molecule has 0 spiro atoms. The van der Waals surface area contributed by atoms with Crippen molar-refractivity contribution in [3.05, 3.63) is 144 Å². The van der Waals surface area contributed by atoms with E-state index in [4.69, 9.17) is 20.6 Å². The summed E-state index contributed by atoms with van der Waals surface area (Å²) in [5.74, 6) is 1.80. The van der Waals surface area contributed by atoms with Gasteiger partial charge >= 0.3 is 0 Å². The number of benzene rings is 4. The van der Waals surface area contributed by atoms with E-state index in [0.717, 1.165) is 51.8 Å². The van der Waals surface area contributed by atoms with Gasteiger partial charge in [-0.25, -0.2) is 9.67 Å². The van der Waals surface area contributed by atoms with Crippen molar-refractivity contribution in [2.24, 2.45) is 5.73 Å². The molecule has 0 aliphatic rings. The molecule has 0 bridgehead atoms. The van der Waals surface area contributed by atoms with E-state index in [2.05, 4.69) is 72.8 Å². The minimum absolute atomic E-state index is 0.521. The Bertz CT molecular complexity index is 1310. The van der Waals surface area contributed by atoms with Gasteiger partial charge in [0.1, 0.15) is 17.6 Å². The number of nitrogens with zero attached hydrogens (tertiary/aromatic N) is 3. The van der Waals surface area contributed by atoms with Crippen molar-refractivity contribution in [2.75, 3.05) is 12.4 Å². The predicted octanol–water partition coefficient (Wildman–Crippen LogP) is 6.53. The molecule has 2 N–H and O–H groups in total. The number of ether oxygens (including phenoxy) is 1. The molecule has 1 heterocycles. The smallest absolute Gasteiger partial charge is 0.208 e. The summed E-state index contributed by atoms with van der Waals surface area (Å²) in [6.07, 6.45) is 3.84. The quantitative estimate of drug-likeness (QED) is 0.115. The second kappa shape index (κ2) is 12.6. The molecule has 4 aromatic carbocycles. The number of hydrogen-bond acceptors (Lipinski definition) is 5. The van der Waals surface area contributed by atoms with E-state index in [0.29, 0.717) is 13.2 Å². The Hall–Kier alpha value is -3.87. The van der Waals surface area contributed by atoms with Crippen LogP contribution in [0.4, 0.5) is 0 Å². The Labute approximate surface area is 228 Å². The number of thioether (sulfide) groups is 1. The molecule has 5 aromatic rings. The van der Waals surface area contributed by atoms with Crippen molar-refractivity contribution < 1.29 is 4.74 Å². The summed E-state index contributed by atoms with van der Waals surface area (Å²) in [4.78, 5) is 4.71. The van der Waals surface area contributed by atoms with E-state index < -0.39 is 5.54 Å². The third-order valence-electron chi connectivity index (χ3n) is 6.56. The van der Waals surface area contributed by atoms with Crippen molar-refractivity contribution in [1.82, 2.24) is 14.8 Å². The summed E-state index contributed by atoms with van der Waals surface area (Å²) in [5.41, 5.74) is 9.57. The second-order valence-corrected chi connectivity index (χ2v) is 10.1. The Morgan fingerprint density at radius 3 is 1.92 bits per heavy atom. The van der Waals surface area contributed by atoms with Crippen LogP contribution in [0.3, 0.4) is 0 Å². The van der Waals surface area contributed by atoms with Crippen molar-refractivity contribution >= 4 is 11.8 Å². The first-order valence-corrected chi connectivity index (χ1v) is 13.9. The van der Waals surface area contributed by atoms with Crippen LogP contribution in [-0.4, -0.2) is 27.1 Å². The van der Waals surface area contributed by atoms with Gasteiger partial charge in [-0.3, -0.25) is 0 Å². The molecule has 0 unspecified atom stereocenters. The van der Waals surface area contributed by atoms with E-state index in [9.17, 15) is 0 Å². The molecule has 0 saturated heterocycles. The topological polar surface area (TPSA) is 66.0 Å². The maximum atomic E-state index is 5.90. The standard InChI is InChI=1S/C32H32N4OS/c33-24-26-13-12-20-30(23-26)37-21-10-11-22-38-31-34-25-36(35-31)32(27-14-4-1-5-15-27,28-16-6-2-7-17-28)29-18-8-3-9-19-29/h1-9,12-20,23,25H,10-11,21-22,24,33H2. The largest absolute Gasteiger partial charge is 0.494 e. The third kappa shape index (κ3) is 5.67. The highest BCUT2D eigenvalue weighted by Gasteiger charge is 2.39. The summed E-state index contributed by atoms with van der Waals surface area (Å²) in [5, 5.41) is 5.79. The summed E-state index contributed by atoms with van der Waals surface area (Å²) >= 11 is 1.68. The summed E-state index contributed by atoms with van der Waals surface area (Å²) in [6, 6.07) is 39.6. The highest BCUT2D eigenvalue weighted by Crippen LogP contribution is 2.40. The zero-order valence-electron chi connectivity index (χ0n) is 21.3. The molecule has 5 nitrogen and oxygen atoms in total. The van der Waals surface area contributed by atoms with Gasteiger partial charge in [-0.05, 0) is 47.2 Å². The van der Waals surface area contributed by atoms with Crippen molar-refractivity contribution in [3.63, 3.8) is 0 Å². The van der Waals surface area contributed by atoms with Gasteiger partial charge in [0.2, 0.25) is 5.16 Å². The van der Waals surface area contributed by atoms with E-state index in [1.807, 2.05) is 53.5 Å². The summed E-state index contributed by atoms with van der Waals surface area (Å²) in [6.45, 7) is 1.20. The highest BCUT2D eigenvalue weighted by atomic mass is 32.2. The van der Waals surface area contributed by atoms with Crippen molar-refractivity contribution in [3.8, 4) is 5.75 Å². The molecule has 0 amide bonds. The lowest BCUT2D eigenvalue weighted by atomic mass is 9.77. The van der Waals surface area contributed by atoms with E-state index in [-0.39, 0.29) is 0 Å². The van der Waals surface area contributed by atoms with Crippen LogP contribution in [-0.2, 0) is 12.1 Å². The first kappa shape index (κ1) is 25.8. The van der Waals surface area contributed by atoms with Crippen LogP contribution in [0.25, 0.3) is 0 Å². The lowest BCUT2D eigenvalue weighted by Gasteiger charge is -2.35. The maximum absolute atomic E-state index is 5.90. The van der Waals surface area contributed by atoms with E-state index >= 15 is 0 Å². The van der Waals surface area contributed by atoms with Crippen LogP contribution in [0.1, 0.15) is 35.1 Å². The van der Waals surface area contributed by atoms with Gasteiger partial charge in [0.05, 0.1) is 6.61 Å². The van der Waals surface area contributed by atoms with Gasteiger partial charge in [0.25, 0.3) is 0 Å². The lowest BCUT2D eigenvalue weighted by Crippen LogP contribution is -2.38. The molecule has 0 fully saturated rings. The number of unbranched alkanes of at least 4 members (excludes halogenated alkanes) is 1. The lowest BCUT2D eigenvalue weighted by molar-refractivity contribution is 0.309. The number of hydrogen-bond donors (Lipinski definition) is 1. The first-order chi connectivity index (χ1) is 18.8. The molecule has 0 aliphatic heterocycles. The molecule has 0 radical (unpaired) electrons. The highest BCUT2D eigenvalue weighted by molar-refractivity contribution is 7.99. The molecule has 1 aromatic heterocycles. The van der Waals surface area contributed by atoms with Crippen LogP contribution >= 0.6 is 11.8 Å². The summed E-state index contributed by atoms with van der Waals surface area (Å²) < 4.78 is 7.91. The molecule has 192 valence electrons. The fraction of sp³-hybridized carbons (Fsp3) is 0.188. The van der Waals surface area contributed by atoms with Crippen LogP contribution in [0, 0.1) is 0 Å². The average Bonchev–Trinajstić information content (AvgIpc) is 3.46. The monoisotopic (exact) mass is 520 g/mol. The number of aromatic nitrogens is 3. The minimum atomic E-state index is -0.637. The van der Waals surface area contributed by atoms with Gasteiger partial charge in [-0.15, -0.1) is 5.10 Å². The molecule has 6 heteroatoms. The van der Waals surface area contributed by atoms with Gasteiger partial charge in [0.15, 0.2) is 0 Å². The first-order valence-electron chi connectivity index (χ1n) is 12.9. The van der Waals surface area contributed by atoms with Crippen LogP contribution in [0.5, 0.6) is 5.75 Å². The molecule has 38 heavy (non-hydrogen) atoms. The zero-order chi connectivity index (χ0) is 26.0. The average molecular weight is 521 g/mol. The van der Waals surface area contributed by atoms with E-state index in [1.54, 1.807) is 11.8 Å². The molecule has 5 rings (SSSR count). The maximum Gasteiger partial charge on any atom is 0.208 e. The molecule has 0 atom stereocenters. The molecule has 0 saturated carbocycles. The number of nitrogens with two attached hydrogens (primary N) is 1. The van der Waals surface area contributed by atoms with Crippen LogP contribution in [0.15, 0.2) is 127 Å². The Kier molecular flexibility index (Phi) is 8.53. The van der Waals surface area contributed by atoms with E-state index in [1.165, 1.54) is 0 Å². The third-order valence-corrected chi connectivity index (χ3v) is 7.50. The van der Waals surface area contributed by atoms with Gasteiger partial charge in [-0.1, -0.05) is 115 Å². The SMILES string of the molecule is NCc1cccc(OCCCCSc2ncn(C(c3ccccc3)(c3ccccc3)c3ccccc3)n2)c1. The Morgan fingerprint density at radius 1 is 0.737 bits per heavy atom. The number of rotatable bonds is 12. The molecular weight excluding hydrogens is 488 g/mol. The van der Waals surface area contributed by atoms with Crippen LogP contribution in [0.2, 0.25) is 0 Å². The Balaban J connectivity index is 1.33. The zero-order valence-corrected chi connectivity index (χ0v) is 22.1. The normalized spacial score (nSPS) is 11.4. The van der Waals surface area contributed by atoms with Gasteiger partial charge in [-0.2, -0.15) is 0 Å². The van der Waals surface area contributed by atoms with Crippen molar-refractivity contribution in [2.45, 2.75) is 30.1 Å². The van der Waals surface area contributed by atoms with Crippen LogP contribution < -0.4 is 10.5 Å². The fourth-order valence-corrected chi connectivity index (χ4v) is 5.53. The van der Waals surface area contributed by atoms with Crippen molar-refractivity contribution in [1.29, 1.82) is 0 Å². The van der Waals surface area contributed by atoms with Gasteiger partial charge < -0.3 is 10.5 Å². The Morgan fingerprint density at radius 2 is 1.34 bits per heavy atom. The molecular formula is C32H32N4OS. The van der Waals surface area contributed by atoms with Gasteiger partial charge in [0, 0.05) is 12.3 Å².